The zero-order chi connectivity index (χ0) is 28.4. The fourth-order valence-electron chi connectivity index (χ4n) is 4.74. The van der Waals surface area contributed by atoms with Crippen LogP contribution in [0.25, 0.3) is 11.4 Å². The van der Waals surface area contributed by atoms with Crippen molar-refractivity contribution in [2.75, 3.05) is 51.0 Å². The van der Waals surface area contributed by atoms with Gasteiger partial charge < -0.3 is 29.7 Å². The van der Waals surface area contributed by atoms with Crippen LogP contribution in [0.2, 0.25) is 0 Å². The second-order valence-corrected chi connectivity index (χ2v) is 9.48. The van der Waals surface area contributed by atoms with Gasteiger partial charge in [-0.25, -0.2) is 4.68 Å². The normalized spacial score (nSPS) is 14.2. The third-order valence-electron chi connectivity index (χ3n) is 6.82. The van der Waals surface area contributed by atoms with E-state index in [1.165, 1.54) is 0 Å². The van der Waals surface area contributed by atoms with Gasteiger partial charge in [-0.2, -0.15) is 4.98 Å². The van der Waals surface area contributed by atoms with Gasteiger partial charge in [0.2, 0.25) is 5.95 Å². The summed E-state index contributed by atoms with van der Waals surface area (Å²) in [5, 5.41) is 11.2. The molecule has 0 saturated carbocycles. The lowest BCUT2D eigenvalue weighted by Gasteiger charge is -2.29. The third kappa shape index (κ3) is 4.91. The van der Waals surface area contributed by atoms with Crippen molar-refractivity contribution >= 4 is 23.2 Å². The molecule has 206 valence electrons. The van der Waals surface area contributed by atoms with Crippen molar-refractivity contribution in [3.8, 4) is 28.6 Å². The Morgan fingerprint density at radius 1 is 0.925 bits per heavy atom. The summed E-state index contributed by atoms with van der Waals surface area (Å²) in [5.74, 6) is 2.45. The quantitative estimate of drug-likeness (QED) is 0.323. The zero-order valence-electron chi connectivity index (χ0n) is 23.4. The van der Waals surface area contributed by atoms with Crippen molar-refractivity contribution in [3.63, 3.8) is 0 Å². The molecule has 0 bridgehead atoms. The summed E-state index contributed by atoms with van der Waals surface area (Å²) in [4.78, 5) is 20.7. The molecule has 5 rings (SSSR count). The predicted molar refractivity (Wildman–Crippen MR) is 155 cm³/mol. The molecule has 1 aromatic heterocycles. The van der Waals surface area contributed by atoms with Gasteiger partial charge in [0.15, 0.2) is 17.3 Å². The highest BCUT2D eigenvalue weighted by molar-refractivity contribution is 6.06. The number of rotatable bonds is 8. The maximum absolute atomic E-state index is 13.9. The number of amides is 1. The van der Waals surface area contributed by atoms with Crippen molar-refractivity contribution in [3.05, 3.63) is 83.6 Å². The summed E-state index contributed by atoms with van der Waals surface area (Å²) in [6.07, 6.45) is 0. The van der Waals surface area contributed by atoms with Crippen LogP contribution in [0.5, 0.6) is 17.2 Å². The number of allylic oxidation sites excluding steroid dienone is 1. The highest BCUT2D eigenvalue weighted by atomic mass is 16.5. The number of carbonyl (C=O) groups excluding carboxylic acids is 1. The van der Waals surface area contributed by atoms with E-state index >= 15 is 0 Å². The van der Waals surface area contributed by atoms with E-state index in [1.807, 2.05) is 80.5 Å². The molecular weight excluding hydrogens is 508 g/mol. The number of methoxy groups -OCH3 is 3. The molecule has 40 heavy (non-hydrogen) atoms. The number of nitrogens with zero attached hydrogens (tertiary/aromatic N) is 4. The Labute approximate surface area is 233 Å². The fraction of sp³-hybridized carbons (Fsp3) is 0.233. The Morgan fingerprint density at radius 2 is 1.62 bits per heavy atom. The van der Waals surface area contributed by atoms with Crippen LogP contribution < -0.4 is 29.7 Å². The molecule has 0 spiro atoms. The minimum atomic E-state index is -0.604. The molecule has 0 fully saturated rings. The highest BCUT2D eigenvalue weighted by Crippen LogP contribution is 2.40. The van der Waals surface area contributed by atoms with E-state index in [0.717, 1.165) is 16.8 Å². The average molecular weight is 541 g/mol. The highest BCUT2D eigenvalue weighted by Gasteiger charge is 2.35. The van der Waals surface area contributed by atoms with Gasteiger partial charge in [0.25, 0.3) is 5.91 Å². The molecule has 1 unspecified atom stereocenters. The third-order valence-corrected chi connectivity index (χ3v) is 6.82. The van der Waals surface area contributed by atoms with Crippen LogP contribution in [0.3, 0.4) is 0 Å². The number of benzene rings is 3. The molecular formula is C30H32N6O4. The van der Waals surface area contributed by atoms with Gasteiger partial charge in [0, 0.05) is 31.0 Å². The van der Waals surface area contributed by atoms with Crippen molar-refractivity contribution in [1.82, 2.24) is 14.8 Å². The molecule has 2 N–H and O–H groups in total. The maximum atomic E-state index is 13.9. The van der Waals surface area contributed by atoms with Crippen LogP contribution in [-0.4, -0.2) is 56.1 Å². The Bertz CT molecular complexity index is 1580. The lowest BCUT2D eigenvalue weighted by Crippen LogP contribution is -2.31. The van der Waals surface area contributed by atoms with Crippen LogP contribution >= 0.6 is 0 Å². The maximum Gasteiger partial charge on any atom is 0.255 e. The summed E-state index contributed by atoms with van der Waals surface area (Å²) < 4.78 is 18.2. The van der Waals surface area contributed by atoms with E-state index in [4.69, 9.17) is 24.3 Å². The molecule has 3 aromatic carbocycles. The van der Waals surface area contributed by atoms with Crippen molar-refractivity contribution in [2.24, 2.45) is 0 Å². The van der Waals surface area contributed by atoms with E-state index < -0.39 is 6.04 Å². The standard InChI is InChI=1S/C30H32N6O4/c1-18-26(29(37)32-22-9-7-8-10-23(22)38-4)27(20-13-16-24(39-5)25(17-20)40-6)36-30(31-18)33-28(34-36)19-11-14-21(15-12-19)35(2)3/h7-17,27H,1-6H3,(H,32,37)(H,31,33,34). The van der Waals surface area contributed by atoms with Crippen LogP contribution in [-0.2, 0) is 4.79 Å². The number of carbonyl (C=O) groups is 1. The lowest BCUT2D eigenvalue weighted by atomic mass is 9.94. The SMILES string of the molecule is COc1ccccc1NC(=O)C1=C(C)Nc2nc(-c3ccc(N(C)C)cc3)nn2C1c1ccc(OC)c(OC)c1. The Morgan fingerprint density at radius 3 is 2.30 bits per heavy atom. The average Bonchev–Trinajstić information content (AvgIpc) is 3.39. The number of nitrogens with one attached hydrogen (secondary N) is 2. The summed E-state index contributed by atoms with van der Waals surface area (Å²) in [5.41, 5.74) is 4.41. The Hall–Kier alpha value is -4.99. The first kappa shape index (κ1) is 26.6. The molecule has 10 nitrogen and oxygen atoms in total. The summed E-state index contributed by atoms with van der Waals surface area (Å²) in [7, 11) is 8.72. The molecule has 0 saturated heterocycles. The zero-order valence-corrected chi connectivity index (χ0v) is 23.4. The van der Waals surface area contributed by atoms with E-state index in [0.29, 0.717) is 46.0 Å². The minimum absolute atomic E-state index is 0.299. The molecule has 4 aromatic rings. The lowest BCUT2D eigenvalue weighted by molar-refractivity contribution is -0.113. The first-order valence-corrected chi connectivity index (χ1v) is 12.7. The van der Waals surface area contributed by atoms with Crippen molar-refractivity contribution in [1.29, 1.82) is 0 Å². The summed E-state index contributed by atoms with van der Waals surface area (Å²) in [6, 6.07) is 20.3. The van der Waals surface area contributed by atoms with Crippen LogP contribution in [0.1, 0.15) is 18.5 Å². The van der Waals surface area contributed by atoms with Gasteiger partial charge in [-0.05, 0) is 61.0 Å². The number of fused-ring (bicyclic) bond motifs is 1. The Kier molecular flexibility index (Phi) is 7.33. The van der Waals surface area contributed by atoms with E-state index in [-0.39, 0.29) is 5.91 Å². The van der Waals surface area contributed by atoms with Crippen molar-refractivity contribution < 1.29 is 19.0 Å². The number of para-hydroxylation sites is 2. The van der Waals surface area contributed by atoms with Gasteiger partial charge in [0.05, 0.1) is 32.6 Å². The molecule has 1 aliphatic rings. The molecule has 1 amide bonds. The second-order valence-electron chi connectivity index (χ2n) is 9.48. The van der Waals surface area contributed by atoms with Gasteiger partial charge in [0.1, 0.15) is 11.8 Å². The molecule has 0 aliphatic carbocycles. The molecule has 2 heterocycles. The number of anilines is 3. The first-order valence-electron chi connectivity index (χ1n) is 12.7. The number of hydrogen-bond donors (Lipinski definition) is 2. The van der Waals surface area contributed by atoms with E-state index in [2.05, 4.69) is 10.6 Å². The summed E-state index contributed by atoms with van der Waals surface area (Å²) >= 11 is 0. The van der Waals surface area contributed by atoms with Gasteiger partial charge in [-0.15, -0.1) is 5.10 Å². The van der Waals surface area contributed by atoms with E-state index in [9.17, 15) is 4.79 Å². The van der Waals surface area contributed by atoms with Crippen LogP contribution in [0.15, 0.2) is 78.0 Å². The predicted octanol–water partition coefficient (Wildman–Crippen LogP) is 4.96. The summed E-state index contributed by atoms with van der Waals surface area (Å²) in [6.45, 7) is 1.86. The largest absolute Gasteiger partial charge is 0.495 e. The molecule has 0 radical (unpaired) electrons. The minimum Gasteiger partial charge on any atom is -0.495 e. The van der Waals surface area contributed by atoms with E-state index in [1.54, 1.807) is 38.1 Å². The monoisotopic (exact) mass is 540 g/mol. The van der Waals surface area contributed by atoms with Crippen LogP contribution in [0.4, 0.5) is 17.3 Å². The molecule has 1 aliphatic heterocycles. The van der Waals surface area contributed by atoms with Gasteiger partial charge in [-0.1, -0.05) is 18.2 Å². The second kappa shape index (κ2) is 11.0. The fourth-order valence-corrected chi connectivity index (χ4v) is 4.74. The molecule has 1 atom stereocenters. The van der Waals surface area contributed by atoms with Crippen molar-refractivity contribution in [2.45, 2.75) is 13.0 Å². The molecule has 10 heteroatoms. The van der Waals surface area contributed by atoms with Crippen LogP contribution in [0, 0.1) is 0 Å². The topological polar surface area (TPSA) is 103 Å². The number of hydrogen-bond acceptors (Lipinski definition) is 8. The first-order chi connectivity index (χ1) is 19.3. The number of aromatic nitrogens is 3. The van der Waals surface area contributed by atoms with Gasteiger partial charge in [-0.3, -0.25) is 4.79 Å². The Balaban J connectivity index is 1.61. The van der Waals surface area contributed by atoms with Gasteiger partial charge >= 0.3 is 0 Å². The number of ether oxygens (including phenoxy) is 3. The smallest absolute Gasteiger partial charge is 0.255 e.